The van der Waals surface area contributed by atoms with Gasteiger partial charge in [0.2, 0.25) is 0 Å². The molecular weight excluding hydrogens is 240 g/mol. The van der Waals surface area contributed by atoms with E-state index in [1.165, 1.54) is 0 Å². The van der Waals surface area contributed by atoms with Gasteiger partial charge in [0.1, 0.15) is 0 Å². The molecule has 19 heavy (non-hydrogen) atoms. The van der Waals surface area contributed by atoms with Crippen molar-refractivity contribution in [3.8, 4) is 0 Å². The number of aromatic amines is 1. The normalized spacial score (nSPS) is 14.7. The molecule has 1 aromatic carbocycles. The van der Waals surface area contributed by atoms with Crippen molar-refractivity contribution in [1.82, 2.24) is 10.3 Å². The number of carboxylic acids is 1. The number of hydrogen-bond donors (Lipinski definition) is 3. The first-order chi connectivity index (χ1) is 9.06. The van der Waals surface area contributed by atoms with E-state index in [9.17, 15) is 9.90 Å². The third-order valence-electron chi connectivity index (χ3n) is 3.63. The average Bonchev–Trinajstić information content (AvgIpc) is 2.78. The predicted molar refractivity (Wildman–Crippen MR) is 76.1 cm³/mol. The molecular formula is C15H20N2O2. The summed E-state index contributed by atoms with van der Waals surface area (Å²) in [5.41, 5.74) is 2.05. The molecule has 4 heteroatoms. The van der Waals surface area contributed by atoms with Crippen LogP contribution in [0.15, 0.2) is 30.5 Å². The minimum Gasteiger partial charge on any atom is -0.481 e. The summed E-state index contributed by atoms with van der Waals surface area (Å²) in [7, 11) is 1.81. The van der Waals surface area contributed by atoms with E-state index in [0.717, 1.165) is 16.5 Å². The van der Waals surface area contributed by atoms with E-state index in [1.54, 1.807) is 0 Å². The minimum atomic E-state index is -0.764. The highest BCUT2D eigenvalue weighted by Gasteiger charge is 2.32. The van der Waals surface area contributed by atoms with Gasteiger partial charge in [0.05, 0.1) is 5.92 Å². The Bertz CT molecular complexity index is 574. The predicted octanol–water partition coefficient (Wildman–Crippen LogP) is 2.79. The molecule has 0 aliphatic heterocycles. The number of nitrogens with one attached hydrogen (secondary N) is 2. The molecule has 2 aromatic rings. The van der Waals surface area contributed by atoms with E-state index < -0.39 is 11.9 Å². The molecule has 0 radical (unpaired) electrons. The Balaban J connectivity index is 2.49. The Morgan fingerprint density at radius 3 is 2.58 bits per heavy atom. The van der Waals surface area contributed by atoms with Crippen molar-refractivity contribution in [3.05, 3.63) is 36.0 Å². The van der Waals surface area contributed by atoms with Crippen LogP contribution in [0, 0.1) is 11.8 Å². The smallest absolute Gasteiger partial charge is 0.308 e. The maximum atomic E-state index is 11.5. The van der Waals surface area contributed by atoms with Gasteiger partial charge in [-0.25, -0.2) is 0 Å². The van der Waals surface area contributed by atoms with E-state index in [-0.39, 0.29) is 12.0 Å². The van der Waals surface area contributed by atoms with Crippen molar-refractivity contribution in [1.29, 1.82) is 0 Å². The van der Waals surface area contributed by atoms with Crippen LogP contribution in [0.2, 0.25) is 0 Å². The minimum absolute atomic E-state index is 0.0589. The summed E-state index contributed by atoms with van der Waals surface area (Å²) in [5, 5.41) is 13.7. The van der Waals surface area contributed by atoms with Crippen molar-refractivity contribution in [2.45, 2.75) is 19.9 Å². The maximum Gasteiger partial charge on any atom is 0.308 e. The number of carbonyl (C=O) groups is 1. The number of carboxylic acid groups (broad SMARTS) is 1. The molecule has 3 N–H and O–H groups in total. The zero-order valence-corrected chi connectivity index (χ0v) is 11.5. The van der Waals surface area contributed by atoms with E-state index in [4.69, 9.17) is 0 Å². The molecule has 0 amide bonds. The molecule has 0 aliphatic rings. The molecule has 2 atom stereocenters. The molecule has 102 valence electrons. The van der Waals surface area contributed by atoms with Gasteiger partial charge in [0.15, 0.2) is 0 Å². The fourth-order valence-corrected chi connectivity index (χ4v) is 2.69. The zero-order valence-electron chi connectivity index (χ0n) is 11.5. The van der Waals surface area contributed by atoms with Gasteiger partial charge in [-0.2, -0.15) is 0 Å². The van der Waals surface area contributed by atoms with Crippen LogP contribution in [-0.2, 0) is 4.79 Å². The lowest BCUT2D eigenvalue weighted by atomic mass is 9.84. The summed E-state index contributed by atoms with van der Waals surface area (Å²) in [6, 6.07) is 7.75. The molecule has 0 aliphatic carbocycles. The first-order valence-corrected chi connectivity index (χ1v) is 6.52. The molecule has 2 rings (SSSR count). The molecule has 4 nitrogen and oxygen atoms in total. The van der Waals surface area contributed by atoms with Crippen LogP contribution < -0.4 is 5.32 Å². The Morgan fingerprint density at radius 2 is 2.00 bits per heavy atom. The lowest BCUT2D eigenvalue weighted by Crippen LogP contribution is -2.34. The SMILES string of the molecule is CNC(c1c[nH]c2ccccc12)C(C(=O)O)C(C)C. The second-order valence-electron chi connectivity index (χ2n) is 5.16. The molecule has 0 bridgehead atoms. The number of para-hydroxylation sites is 1. The third-order valence-corrected chi connectivity index (χ3v) is 3.63. The summed E-state index contributed by atoms with van der Waals surface area (Å²) >= 11 is 0. The number of benzene rings is 1. The number of rotatable bonds is 5. The largest absolute Gasteiger partial charge is 0.481 e. The highest BCUT2D eigenvalue weighted by Crippen LogP contribution is 2.32. The fraction of sp³-hybridized carbons (Fsp3) is 0.400. The van der Waals surface area contributed by atoms with Crippen LogP contribution in [0.4, 0.5) is 0 Å². The molecule has 0 fully saturated rings. The number of hydrogen-bond acceptors (Lipinski definition) is 2. The highest BCUT2D eigenvalue weighted by molar-refractivity contribution is 5.84. The monoisotopic (exact) mass is 260 g/mol. The Hall–Kier alpha value is -1.81. The van der Waals surface area contributed by atoms with Crippen LogP contribution in [0.1, 0.15) is 25.5 Å². The number of aliphatic carboxylic acids is 1. The summed E-state index contributed by atoms with van der Waals surface area (Å²) < 4.78 is 0. The second-order valence-corrected chi connectivity index (χ2v) is 5.16. The highest BCUT2D eigenvalue weighted by atomic mass is 16.4. The zero-order chi connectivity index (χ0) is 14.0. The van der Waals surface area contributed by atoms with Crippen LogP contribution in [0.25, 0.3) is 10.9 Å². The van der Waals surface area contributed by atoms with Crippen molar-refractivity contribution >= 4 is 16.9 Å². The summed E-state index contributed by atoms with van der Waals surface area (Å²) in [6.45, 7) is 3.88. The van der Waals surface area contributed by atoms with Gasteiger partial charge in [-0.15, -0.1) is 0 Å². The third kappa shape index (κ3) is 2.49. The van der Waals surface area contributed by atoms with Gasteiger partial charge < -0.3 is 15.4 Å². The first kappa shape index (κ1) is 13.6. The number of fused-ring (bicyclic) bond motifs is 1. The second kappa shape index (κ2) is 5.45. The summed E-state index contributed by atoms with van der Waals surface area (Å²) in [6.07, 6.45) is 1.91. The van der Waals surface area contributed by atoms with Gasteiger partial charge in [-0.05, 0) is 24.6 Å². The molecule has 1 aromatic heterocycles. The van der Waals surface area contributed by atoms with Crippen LogP contribution >= 0.6 is 0 Å². The van der Waals surface area contributed by atoms with Gasteiger partial charge in [0, 0.05) is 23.1 Å². The Kier molecular flexibility index (Phi) is 3.90. The van der Waals surface area contributed by atoms with E-state index in [2.05, 4.69) is 10.3 Å². The molecule has 1 heterocycles. The Morgan fingerprint density at radius 1 is 1.32 bits per heavy atom. The van der Waals surface area contributed by atoms with Crippen molar-refractivity contribution in [3.63, 3.8) is 0 Å². The lowest BCUT2D eigenvalue weighted by molar-refractivity contribution is -0.144. The molecule has 0 saturated carbocycles. The average molecular weight is 260 g/mol. The van der Waals surface area contributed by atoms with E-state index in [1.807, 2.05) is 51.4 Å². The fourth-order valence-electron chi connectivity index (χ4n) is 2.69. The van der Waals surface area contributed by atoms with Crippen LogP contribution in [0.5, 0.6) is 0 Å². The standard InChI is InChI=1S/C15H20N2O2/c1-9(2)13(15(18)19)14(16-3)11-8-17-12-7-5-4-6-10(11)12/h4-9,13-14,16-17H,1-3H3,(H,18,19). The number of aromatic nitrogens is 1. The maximum absolute atomic E-state index is 11.5. The van der Waals surface area contributed by atoms with E-state index >= 15 is 0 Å². The Labute approximate surface area is 112 Å². The lowest BCUT2D eigenvalue weighted by Gasteiger charge is -2.26. The van der Waals surface area contributed by atoms with E-state index in [0.29, 0.717) is 0 Å². The van der Waals surface area contributed by atoms with Gasteiger partial charge >= 0.3 is 5.97 Å². The number of H-pyrrole nitrogens is 1. The van der Waals surface area contributed by atoms with Crippen LogP contribution in [-0.4, -0.2) is 23.1 Å². The summed E-state index contributed by atoms with van der Waals surface area (Å²) in [5.74, 6) is -1.16. The van der Waals surface area contributed by atoms with Crippen molar-refractivity contribution in [2.75, 3.05) is 7.05 Å². The van der Waals surface area contributed by atoms with Gasteiger partial charge in [-0.1, -0.05) is 32.0 Å². The summed E-state index contributed by atoms with van der Waals surface area (Å²) in [4.78, 5) is 14.7. The van der Waals surface area contributed by atoms with Gasteiger partial charge in [-0.3, -0.25) is 4.79 Å². The van der Waals surface area contributed by atoms with Gasteiger partial charge in [0.25, 0.3) is 0 Å². The van der Waals surface area contributed by atoms with Crippen molar-refractivity contribution in [2.24, 2.45) is 11.8 Å². The molecule has 0 saturated heterocycles. The quantitative estimate of drug-likeness (QED) is 0.774. The topological polar surface area (TPSA) is 65.1 Å². The molecule has 2 unspecified atom stereocenters. The molecule has 0 spiro atoms. The van der Waals surface area contributed by atoms with Crippen LogP contribution in [0.3, 0.4) is 0 Å². The first-order valence-electron chi connectivity index (χ1n) is 6.52. The van der Waals surface area contributed by atoms with Crippen molar-refractivity contribution < 1.29 is 9.90 Å².